The Morgan fingerprint density at radius 3 is 1.44 bits per heavy atom. The normalized spacial score (nSPS) is 23.2. The van der Waals surface area contributed by atoms with Gasteiger partial charge in [-0.3, -0.25) is 19.2 Å². The van der Waals surface area contributed by atoms with Gasteiger partial charge < -0.3 is 56.7 Å². The van der Waals surface area contributed by atoms with Crippen LogP contribution in [-0.4, -0.2) is 112 Å². The molecular weight excluding hydrogens is 907 g/mol. The standard InChI is InChI=1S/C53H65N9O9/c1-32(2)44(57-50(67)68)46(63)60-25-5-23-52(60,48(54)65)38-14-7-35(8-15-38)41-20-21-42(62(41)40-18-11-34(12-19-40)37-13-22-43(56-31-37)59-27-29-71-30-28-59)36-9-16-39(17-10-36)53(49(55)66)24-6-26-61(53)47(64)45(33(3)4)58-51(69)70/h7-19,22,31-33,41-42,44-45,57-58H,5-6,20-21,23-30H2,1-4H3,(H2,54,65)(H2,55,66)(H,67,68)(H,69,70)/t41-,42-,44+,45+,52+,53+/m1/s1. The fourth-order valence-electron chi connectivity index (χ4n) is 11.4. The first-order chi connectivity index (χ1) is 34.0. The predicted octanol–water partition coefficient (Wildman–Crippen LogP) is 5.86. The number of anilines is 2. The third-order valence-corrected chi connectivity index (χ3v) is 15.0. The number of carboxylic acid groups (broad SMARTS) is 2. The molecule has 0 spiro atoms. The van der Waals surface area contributed by atoms with Crippen LogP contribution in [0.5, 0.6) is 0 Å². The van der Waals surface area contributed by atoms with Gasteiger partial charge in [0, 0.05) is 43.6 Å². The van der Waals surface area contributed by atoms with Crippen LogP contribution in [0.2, 0.25) is 0 Å². The average molecular weight is 972 g/mol. The number of aromatic nitrogens is 1. The molecule has 4 aliphatic heterocycles. The molecule has 376 valence electrons. The number of morpholine rings is 1. The molecule has 71 heavy (non-hydrogen) atoms. The predicted molar refractivity (Wildman–Crippen MR) is 266 cm³/mol. The van der Waals surface area contributed by atoms with Crippen LogP contribution in [0.25, 0.3) is 11.1 Å². The van der Waals surface area contributed by atoms with E-state index in [4.69, 9.17) is 21.2 Å². The summed E-state index contributed by atoms with van der Waals surface area (Å²) in [6.45, 7) is 10.4. The number of pyridine rings is 1. The lowest BCUT2D eigenvalue weighted by molar-refractivity contribution is -0.146. The molecule has 4 fully saturated rings. The van der Waals surface area contributed by atoms with Gasteiger partial charge in [0.2, 0.25) is 23.6 Å². The van der Waals surface area contributed by atoms with Crippen LogP contribution in [0.1, 0.15) is 101 Å². The van der Waals surface area contributed by atoms with Gasteiger partial charge in [-0.2, -0.15) is 0 Å². The van der Waals surface area contributed by atoms with E-state index in [1.54, 1.807) is 27.7 Å². The molecule has 3 aromatic carbocycles. The second-order valence-electron chi connectivity index (χ2n) is 19.8. The summed E-state index contributed by atoms with van der Waals surface area (Å²) in [5.41, 5.74) is 15.4. The number of rotatable bonds is 15. The van der Waals surface area contributed by atoms with Crippen molar-refractivity contribution in [2.45, 2.75) is 101 Å². The van der Waals surface area contributed by atoms with E-state index < -0.39 is 59.0 Å². The van der Waals surface area contributed by atoms with Gasteiger partial charge in [0.15, 0.2) is 0 Å². The number of likely N-dealkylation sites (tertiary alicyclic amines) is 2. The topological polar surface area (TPSA) is 254 Å². The Labute approximate surface area is 413 Å². The molecule has 4 aliphatic rings. The van der Waals surface area contributed by atoms with Crippen LogP contribution in [0, 0.1) is 11.8 Å². The molecule has 0 bridgehead atoms. The zero-order valence-corrected chi connectivity index (χ0v) is 40.8. The summed E-state index contributed by atoms with van der Waals surface area (Å²) in [6.07, 6.45) is 2.29. The first-order valence-electron chi connectivity index (χ1n) is 24.6. The average Bonchev–Trinajstić information content (AvgIpc) is 4.14. The van der Waals surface area contributed by atoms with Crippen molar-refractivity contribution < 1.29 is 43.7 Å². The summed E-state index contributed by atoms with van der Waals surface area (Å²) in [4.78, 5) is 90.9. The molecular formula is C53H65N9O9. The van der Waals surface area contributed by atoms with Crippen LogP contribution in [0.4, 0.5) is 21.1 Å². The molecule has 1 aromatic heterocycles. The molecule has 5 heterocycles. The Morgan fingerprint density at radius 1 is 0.620 bits per heavy atom. The van der Waals surface area contributed by atoms with E-state index in [1.165, 1.54) is 9.80 Å². The number of amides is 6. The molecule has 18 nitrogen and oxygen atoms in total. The van der Waals surface area contributed by atoms with E-state index in [9.17, 15) is 39.0 Å². The monoisotopic (exact) mass is 971 g/mol. The van der Waals surface area contributed by atoms with Crippen molar-refractivity contribution in [3.05, 3.63) is 113 Å². The highest BCUT2D eigenvalue weighted by Gasteiger charge is 2.53. The van der Waals surface area contributed by atoms with Gasteiger partial charge in [-0.25, -0.2) is 14.6 Å². The second kappa shape index (κ2) is 20.6. The summed E-state index contributed by atoms with van der Waals surface area (Å²) in [7, 11) is 0. The number of hydrogen-bond donors (Lipinski definition) is 6. The third kappa shape index (κ3) is 9.56. The maximum atomic E-state index is 14.1. The Kier molecular flexibility index (Phi) is 14.6. The van der Waals surface area contributed by atoms with Gasteiger partial charge in [-0.05, 0) is 102 Å². The molecule has 0 radical (unpaired) electrons. The SMILES string of the molecule is CC(C)[C@H](NC(=O)O)C(=O)N1CCC[C@@]1(C(N)=O)c1ccc([C@H]2CC[C@H](c3ccc([C@]4(C(N)=O)CCCN4C(=O)[C@@H](NC(=O)O)C(C)C)cc3)N2c2ccc(-c3ccc(N4CCOCC4)nc3)cc2)cc1. The molecule has 6 amide bonds. The van der Waals surface area contributed by atoms with Crippen molar-refractivity contribution in [3.8, 4) is 11.1 Å². The summed E-state index contributed by atoms with van der Waals surface area (Å²) in [5.74, 6) is -2.25. The highest BCUT2D eigenvalue weighted by Crippen LogP contribution is 2.49. The minimum absolute atomic E-state index is 0.153. The molecule has 0 aliphatic carbocycles. The number of ether oxygens (including phenoxy) is 1. The lowest BCUT2D eigenvalue weighted by Crippen LogP contribution is -2.59. The van der Waals surface area contributed by atoms with Gasteiger partial charge in [0.1, 0.15) is 29.0 Å². The number of nitrogens with one attached hydrogen (secondary N) is 2. The van der Waals surface area contributed by atoms with Gasteiger partial charge in [-0.15, -0.1) is 0 Å². The van der Waals surface area contributed by atoms with Crippen LogP contribution >= 0.6 is 0 Å². The minimum atomic E-state index is -1.47. The Balaban J connectivity index is 1.13. The van der Waals surface area contributed by atoms with Gasteiger partial charge in [0.05, 0.1) is 25.3 Å². The number of carbonyl (C=O) groups is 6. The molecule has 0 unspecified atom stereocenters. The summed E-state index contributed by atoms with van der Waals surface area (Å²) >= 11 is 0. The largest absolute Gasteiger partial charge is 0.465 e. The first kappa shape index (κ1) is 50.2. The van der Waals surface area contributed by atoms with Crippen molar-refractivity contribution in [2.24, 2.45) is 23.3 Å². The van der Waals surface area contributed by atoms with Crippen LogP contribution in [0.3, 0.4) is 0 Å². The van der Waals surface area contributed by atoms with E-state index in [1.807, 2.05) is 60.8 Å². The number of carbonyl (C=O) groups excluding carboxylic acids is 4. The van der Waals surface area contributed by atoms with Crippen LogP contribution in [0.15, 0.2) is 91.1 Å². The molecule has 18 heteroatoms. The molecule has 4 saturated heterocycles. The van der Waals surface area contributed by atoms with Gasteiger partial charge in [-0.1, -0.05) is 88.4 Å². The number of benzene rings is 3. The summed E-state index contributed by atoms with van der Waals surface area (Å²) in [5, 5.41) is 23.8. The van der Waals surface area contributed by atoms with Crippen molar-refractivity contribution in [1.82, 2.24) is 25.4 Å². The zero-order valence-electron chi connectivity index (χ0n) is 40.8. The maximum absolute atomic E-state index is 14.1. The minimum Gasteiger partial charge on any atom is -0.465 e. The quantitative estimate of drug-likeness (QED) is 0.0820. The summed E-state index contributed by atoms with van der Waals surface area (Å²) < 4.78 is 5.52. The maximum Gasteiger partial charge on any atom is 0.405 e. The van der Waals surface area contributed by atoms with E-state index >= 15 is 0 Å². The summed E-state index contributed by atoms with van der Waals surface area (Å²) in [6, 6.07) is 25.3. The third-order valence-electron chi connectivity index (χ3n) is 15.0. The first-order valence-corrected chi connectivity index (χ1v) is 24.6. The van der Waals surface area contributed by atoms with Crippen molar-refractivity contribution >= 4 is 47.3 Å². The zero-order chi connectivity index (χ0) is 50.8. The second-order valence-corrected chi connectivity index (χ2v) is 19.8. The lowest BCUT2D eigenvalue weighted by Gasteiger charge is -2.39. The Hall–Kier alpha value is -7.21. The van der Waals surface area contributed by atoms with Crippen molar-refractivity contribution in [1.29, 1.82) is 0 Å². The Bertz CT molecular complexity index is 2480. The van der Waals surface area contributed by atoms with Crippen LogP contribution in [-0.2, 0) is 35.0 Å². The number of nitrogens with zero attached hydrogens (tertiary/aromatic N) is 5. The number of nitrogens with two attached hydrogens (primary N) is 2. The molecule has 8 rings (SSSR count). The highest BCUT2D eigenvalue weighted by molar-refractivity contribution is 5.96. The molecule has 4 aromatic rings. The molecule has 0 saturated carbocycles. The van der Waals surface area contributed by atoms with E-state index in [2.05, 4.69) is 50.8 Å². The molecule has 6 atom stereocenters. The van der Waals surface area contributed by atoms with E-state index in [0.717, 1.165) is 59.7 Å². The number of primary amides is 2. The highest BCUT2D eigenvalue weighted by atomic mass is 16.5. The van der Waals surface area contributed by atoms with Crippen LogP contribution < -0.4 is 31.9 Å². The molecule has 8 N–H and O–H groups in total. The Morgan fingerprint density at radius 2 is 1.06 bits per heavy atom. The number of hydrogen-bond acceptors (Lipinski definition) is 10. The van der Waals surface area contributed by atoms with Gasteiger partial charge in [0.25, 0.3) is 0 Å². The van der Waals surface area contributed by atoms with E-state index in [0.29, 0.717) is 37.2 Å². The smallest absolute Gasteiger partial charge is 0.405 e. The van der Waals surface area contributed by atoms with E-state index in [-0.39, 0.29) is 49.9 Å². The fraction of sp³-hybridized carbons (Fsp3) is 0.453. The van der Waals surface area contributed by atoms with Gasteiger partial charge >= 0.3 is 12.2 Å². The lowest BCUT2D eigenvalue weighted by atomic mass is 9.84. The fourth-order valence-corrected chi connectivity index (χ4v) is 11.4. The van der Waals surface area contributed by atoms with Crippen molar-refractivity contribution in [2.75, 3.05) is 49.2 Å². The van der Waals surface area contributed by atoms with Crippen molar-refractivity contribution in [3.63, 3.8) is 0 Å².